The molecule has 1 aliphatic heterocycles. The van der Waals surface area contributed by atoms with Gasteiger partial charge in [0.05, 0.1) is 0 Å². The van der Waals surface area contributed by atoms with Gasteiger partial charge in [-0.2, -0.15) is 0 Å². The summed E-state index contributed by atoms with van der Waals surface area (Å²) < 4.78 is 0. The number of hydrogen-bond donors (Lipinski definition) is 1. The predicted octanol–water partition coefficient (Wildman–Crippen LogP) is 3.37. The molecule has 1 heterocycles. The quantitative estimate of drug-likeness (QED) is 0.866. The molecule has 0 radical (unpaired) electrons. The molecule has 1 saturated heterocycles. The third kappa shape index (κ3) is 4.89. The van der Waals surface area contributed by atoms with Gasteiger partial charge in [-0.3, -0.25) is 14.5 Å². The minimum absolute atomic E-state index is 0.0786. The van der Waals surface area contributed by atoms with Crippen molar-refractivity contribution in [3.63, 3.8) is 0 Å². The number of anilines is 1. The van der Waals surface area contributed by atoms with Crippen LogP contribution in [0.1, 0.15) is 55.3 Å². The van der Waals surface area contributed by atoms with E-state index in [-0.39, 0.29) is 17.7 Å². The fourth-order valence-corrected chi connectivity index (χ4v) is 4.32. The van der Waals surface area contributed by atoms with Crippen LogP contribution < -0.4 is 5.32 Å². The van der Waals surface area contributed by atoms with Crippen LogP contribution in [0, 0.1) is 11.8 Å². The number of amides is 2. The summed E-state index contributed by atoms with van der Waals surface area (Å²) in [6, 6.07) is 7.44. The largest absolute Gasteiger partial charge is 0.336 e. The highest BCUT2D eigenvalue weighted by atomic mass is 16.2. The Bertz CT molecular complexity index is 672. The van der Waals surface area contributed by atoms with E-state index >= 15 is 0 Å². The molecule has 5 heteroatoms. The Kier molecular flexibility index (Phi) is 5.77. The van der Waals surface area contributed by atoms with Gasteiger partial charge in [0.25, 0.3) is 5.91 Å². The van der Waals surface area contributed by atoms with Crippen LogP contribution in [0.5, 0.6) is 0 Å². The summed E-state index contributed by atoms with van der Waals surface area (Å²) in [6.07, 6.45) is 8.23. The average molecular weight is 370 g/mol. The number of carbonyl (C=O) groups is 2. The summed E-state index contributed by atoms with van der Waals surface area (Å²) in [5.41, 5.74) is 1.41. The number of carbonyl (C=O) groups excluding carboxylic acids is 2. The third-order valence-electron chi connectivity index (χ3n) is 6.23. The van der Waals surface area contributed by atoms with Crippen molar-refractivity contribution in [2.45, 2.75) is 44.9 Å². The van der Waals surface area contributed by atoms with Crippen LogP contribution in [-0.4, -0.2) is 54.3 Å². The second-order valence-electron chi connectivity index (χ2n) is 8.44. The number of hydrogen-bond acceptors (Lipinski definition) is 3. The summed E-state index contributed by atoms with van der Waals surface area (Å²) >= 11 is 0. The van der Waals surface area contributed by atoms with Gasteiger partial charge < -0.3 is 10.2 Å². The van der Waals surface area contributed by atoms with E-state index < -0.39 is 0 Å². The molecule has 2 aliphatic carbocycles. The van der Waals surface area contributed by atoms with Crippen molar-refractivity contribution in [2.75, 3.05) is 38.0 Å². The standard InChI is InChI=1S/C22H31N3O2/c26-21(18-5-2-1-3-6-18)23-20-8-4-7-19(15-20)22(27)25-13-11-24(12-14-25)16-17-9-10-17/h4,7-8,15,17-18H,1-3,5-6,9-14,16H2,(H,23,26). The van der Waals surface area contributed by atoms with Gasteiger partial charge in [-0.15, -0.1) is 0 Å². The van der Waals surface area contributed by atoms with Crippen LogP contribution in [0.2, 0.25) is 0 Å². The summed E-state index contributed by atoms with van der Waals surface area (Å²) in [4.78, 5) is 29.8. The molecule has 0 spiro atoms. The third-order valence-corrected chi connectivity index (χ3v) is 6.23. The highest BCUT2D eigenvalue weighted by Gasteiger charge is 2.28. The second-order valence-corrected chi connectivity index (χ2v) is 8.44. The zero-order valence-corrected chi connectivity index (χ0v) is 16.2. The molecule has 0 unspecified atom stereocenters. The van der Waals surface area contributed by atoms with Crippen molar-refractivity contribution in [3.05, 3.63) is 29.8 Å². The van der Waals surface area contributed by atoms with E-state index in [0.29, 0.717) is 5.56 Å². The lowest BCUT2D eigenvalue weighted by Gasteiger charge is -2.34. The van der Waals surface area contributed by atoms with Crippen molar-refractivity contribution in [1.82, 2.24) is 9.80 Å². The summed E-state index contributed by atoms with van der Waals surface area (Å²) in [7, 11) is 0. The summed E-state index contributed by atoms with van der Waals surface area (Å²) in [6.45, 7) is 4.74. The smallest absolute Gasteiger partial charge is 0.254 e. The lowest BCUT2D eigenvalue weighted by atomic mass is 9.88. The molecule has 0 aromatic heterocycles. The first-order chi connectivity index (χ1) is 13.2. The van der Waals surface area contributed by atoms with Gasteiger partial charge in [0, 0.05) is 49.9 Å². The molecule has 3 aliphatic rings. The van der Waals surface area contributed by atoms with Crippen LogP contribution in [0.15, 0.2) is 24.3 Å². The van der Waals surface area contributed by atoms with Crippen LogP contribution in [0.4, 0.5) is 5.69 Å². The Morgan fingerprint density at radius 2 is 1.70 bits per heavy atom. The fraction of sp³-hybridized carbons (Fsp3) is 0.636. The number of benzene rings is 1. The van der Waals surface area contributed by atoms with E-state index in [1.54, 1.807) is 0 Å². The number of nitrogens with one attached hydrogen (secondary N) is 1. The molecule has 4 rings (SSSR count). The van der Waals surface area contributed by atoms with Crippen LogP contribution in [-0.2, 0) is 4.79 Å². The zero-order valence-electron chi connectivity index (χ0n) is 16.2. The van der Waals surface area contributed by atoms with E-state index in [1.165, 1.54) is 25.8 Å². The van der Waals surface area contributed by atoms with Gasteiger partial charge in [-0.1, -0.05) is 25.3 Å². The van der Waals surface area contributed by atoms with Gasteiger partial charge >= 0.3 is 0 Å². The maximum atomic E-state index is 12.9. The molecule has 5 nitrogen and oxygen atoms in total. The first kappa shape index (κ1) is 18.5. The monoisotopic (exact) mass is 369 g/mol. The summed E-state index contributed by atoms with van der Waals surface area (Å²) in [5.74, 6) is 1.21. The minimum atomic E-state index is 0.0786. The van der Waals surface area contributed by atoms with Crippen molar-refractivity contribution >= 4 is 17.5 Å². The molecule has 27 heavy (non-hydrogen) atoms. The Morgan fingerprint density at radius 1 is 0.963 bits per heavy atom. The molecule has 1 N–H and O–H groups in total. The van der Waals surface area contributed by atoms with Crippen molar-refractivity contribution in [2.24, 2.45) is 11.8 Å². The normalized spacial score (nSPS) is 21.9. The lowest BCUT2D eigenvalue weighted by Crippen LogP contribution is -2.49. The van der Waals surface area contributed by atoms with Gasteiger partial charge in [-0.05, 0) is 49.8 Å². The van der Waals surface area contributed by atoms with Crippen LogP contribution in [0.3, 0.4) is 0 Å². The highest BCUT2D eigenvalue weighted by molar-refractivity contribution is 5.97. The molecular formula is C22H31N3O2. The maximum absolute atomic E-state index is 12.9. The van der Waals surface area contributed by atoms with E-state index in [1.807, 2.05) is 29.2 Å². The van der Waals surface area contributed by atoms with Crippen molar-refractivity contribution in [3.8, 4) is 0 Å². The van der Waals surface area contributed by atoms with E-state index in [0.717, 1.165) is 63.5 Å². The topological polar surface area (TPSA) is 52.7 Å². The average Bonchev–Trinajstić information content (AvgIpc) is 3.53. The van der Waals surface area contributed by atoms with E-state index in [2.05, 4.69) is 10.2 Å². The first-order valence-electron chi connectivity index (χ1n) is 10.6. The zero-order chi connectivity index (χ0) is 18.6. The van der Waals surface area contributed by atoms with Crippen LogP contribution >= 0.6 is 0 Å². The minimum Gasteiger partial charge on any atom is -0.336 e. The molecule has 1 aromatic rings. The second kappa shape index (κ2) is 8.42. The Morgan fingerprint density at radius 3 is 2.41 bits per heavy atom. The van der Waals surface area contributed by atoms with Gasteiger partial charge in [0.1, 0.15) is 0 Å². The fourth-order valence-electron chi connectivity index (χ4n) is 4.32. The number of piperazine rings is 1. The molecule has 0 atom stereocenters. The first-order valence-corrected chi connectivity index (χ1v) is 10.6. The predicted molar refractivity (Wildman–Crippen MR) is 107 cm³/mol. The molecular weight excluding hydrogens is 338 g/mol. The Hall–Kier alpha value is -1.88. The lowest BCUT2D eigenvalue weighted by molar-refractivity contribution is -0.120. The molecule has 3 fully saturated rings. The highest BCUT2D eigenvalue weighted by Crippen LogP contribution is 2.30. The molecule has 0 bridgehead atoms. The molecule has 146 valence electrons. The number of rotatable bonds is 5. The Labute approximate surface area is 162 Å². The molecule has 2 saturated carbocycles. The van der Waals surface area contributed by atoms with E-state index in [9.17, 15) is 9.59 Å². The molecule has 2 amide bonds. The number of nitrogens with zero attached hydrogens (tertiary/aromatic N) is 2. The van der Waals surface area contributed by atoms with Crippen molar-refractivity contribution in [1.29, 1.82) is 0 Å². The van der Waals surface area contributed by atoms with Crippen LogP contribution in [0.25, 0.3) is 0 Å². The SMILES string of the molecule is O=C(Nc1cccc(C(=O)N2CCN(CC3CC3)CC2)c1)C1CCCCC1. The van der Waals surface area contributed by atoms with Gasteiger partial charge in [-0.25, -0.2) is 0 Å². The van der Waals surface area contributed by atoms with E-state index in [4.69, 9.17) is 0 Å². The van der Waals surface area contributed by atoms with Crippen molar-refractivity contribution < 1.29 is 9.59 Å². The van der Waals surface area contributed by atoms with Gasteiger partial charge in [0.15, 0.2) is 0 Å². The Balaban J connectivity index is 1.32. The van der Waals surface area contributed by atoms with Gasteiger partial charge in [0.2, 0.25) is 5.91 Å². The summed E-state index contributed by atoms with van der Waals surface area (Å²) in [5, 5.41) is 3.03. The molecule has 1 aromatic carbocycles. The maximum Gasteiger partial charge on any atom is 0.254 e.